The lowest BCUT2D eigenvalue weighted by molar-refractivity contribution is -0.182. The van der Waals surface area contributed by atoms with Gasteiger partial charge in [-0.25, -0.2) is 0 Å². The molecule has 8 heteroatoms. The number of primary amides is 1. The van der Waals surface area contributed by atoms with Gasteiger partial charge in [0, 0.05) is 26.2 Å². The Morgan fingerprint density at radius 2 is 1.79 bits per heavy atom. The van der Waals surface area contributed by atoms with Gasteiger partial charge in [-0.05, 0) is 62.5 Å². The summed E-state index contributed by atoms with van der Waals surface area (Å²) < 4.78 is 38.8. The number of alkyl halides is 3. The van der Waals surface area contributed by atoms with Crippen LogP contribution in [0.25, 0.3) is 0 Å². The van der Waals surface area contributed by atoms with Crippen LogP contribution in [0.5, 0.6) is 0 Å². The van der Waals surface area contributed by atoms with Crippen LogP contribution in [0.3, 0.4) is 0 Å². The maximum Gasteiger partial charge on any atom is 0.391 e. The number of nitrogens with one attached hydrogen (secondary N) is 2. The number of nitrogens with zero attached hydrogens (tertiary/aromatic N) is 1. The van der Waals surface area contributed by atoms with Crippen molar-refractivity contribution in [2.45, 2.75) is 51.2 Å². The second-order valence-corrected chi connectivity index (χ2v) is 8.83. The summed E-state index contributed by atoms with van der Waals surface area (Å²) in [6.45, 7) is 3.87. The number of rotatable bonds is 5. The van der Waals surface area contributed by atoms with Gasteiger partial charge in [0.1, 0.15) is 0 Å². The summed E-state index contributed by atoms with van der Waals surface area (Å²) in [5.74, 6) is -0.254. The van der Waals surface area contributed by atoms with E-state index in [2.05, 4.69) is 15.5 Å². The van der Waals surface area contributed by atoms with Crippen LogP contribution in [0.2, 0.25) is 0 Å². The number of amides is 1. The molecule has 3 fully saturated rings. The van der Waals surface area contributed by atoms with Crippen molar-refractivity contribution in [1.82, 2.24) is 0 Å². The molecule has 160 valence electrons. The van der Waals surface area contributed by atoms with Crippen molar-refractivity contribution in [1.29, 1.82) is 0 Å². The fraction of sp³-hybridized carbons (Fsp3) is 0.667. The number of halogens is 3. The number of carbonyl (C=O) groups excluding carboxylic acids is 1. The van der Waals surface area contributed by atoms with Crippen LogP contribution in [-0.2, 0) is 0 Å². The van der Waals surface area contributed by atoms with E-state index in [1.165, 1.54) is 6.42 Å². The molecule has 4 rings (SSSR count). The van der Waals surface area contributed by atoms with Crippen molar-refractivity contribution < 1.29 is 18.0 Å². The molecule has 1 aliphatic heterocycles. The molecule has 2 unspecified atom stereocenters. The monoisotopic (exact) mass is 410 g/mol. The number of piperidine rings is 1. The SMILES string of the molecule is CNc1c(NC2CCC(C(F)(F)F)CC2)cc(C(N)=O)c(N2CC3CC3C2)c1C. The lowest BCUT2D eigenvalue weighted by Gasteiger charge is -2.33. The fourth-order valence-corrected chi connectivity index (χ4v) is 5.20. The average molecular weight is 410 g/mol. The van der Waals surface area contributed by atoms with Gasteiger partial charge >= 0.3 is 6.18 Å². The molecule has 1 amide bonds. The zero-order valence-corrected chi connectivity index (χ0v) is 16.9. The Morgan fingerprint density at radius 3 is 2.31 bits per heavy atom. The maximum absolute atomic E-state index is 12.9. The van der Waals surface area contributed by atoms with Crippen molar-refractivity contribution in [3.63, 3.8) is 0 Å². The second kappa shape index (κ2) is 7.29. The highest BCUT2D eigenvalue weighted by Crippen LogP contribution is 2.49. The Labute approximate surface area is 169 Å². The topological polar surface area (TPSA) is 70.4 Å². The van der Waals surface area contributed by atoms with Crippen LogP contribution < -0.4 is 21.3 Å². The molecule has 2 aliphatic carbocycles. The zero-order chi connectivity index (χ0) is 20.9. The van der Waals surface area contributed by atoms with Gasteiger partial charge in [0.25, 0.3) is 5.91 Å². The van der Waals surface area contributed by atoms with Gasteiger partial charge < -0.3 is 21.3 Å². The summed E-state index contributed by atoms with van der Waals surface area (Å²) in [4.78, 5) is 14.5. The standard InChI is InChI=1S/C21H29F3N4O/c1-11-18(26-2)17(27-15-5-3-14(4-6-15)21(22,23)24)8-16(20(25)29)19(11)28-9-12-7-13(12)10-28/h8,12-15,26-27H,3-7,9-10H2,1-2H3,(H2,25,29). The lowest BCUT2D eigenvalue weighted by Crippen LogP contribution is -2.33. The highest BCUT2D eigenvalue weighted by Gasteiger charge is 2.46. The van der Waals surface area contributed by atoms with E-state index < -0.39 is 18.0 Å². The normalized spacial score (nSPS) is 28.8. The zero-order valence-electron chi connectivity index (χ0n) is 16.9. The van der Waals surface area contributed by atoms with Crippen LogP contribution in [-0.4, -0.2) is 38.3 Å². The summed E-state index contributed by atoms with van der Waals surface area (Å²) >= 11 is 0. The Kier molecular flexibility index (Phi) is 5.07. The molecule has 5 nitrogen and oxygen atoms in total. The summed E-state index contributed by atoms with van der Waals surface area (Å²) in [6, 6.07) is 1.72. The quantitative estimate of drug-likeness (QED) is 0.683. The molecule has 0 aromatic heterocycles. The molecule has 0 radical (unpaired) electrons. The number of hydrogen-bond acceptors (Lipinski definition) is 4. The smallest absolute Gasteiger partial charge is 0.386 e. The predicted molar refractivity (Wildman–Crippen MR) is 108 cm³/mol. The number of hydrogen-bond donors (Lipinski definition) is 3. The van der Waals surface area contributed by atoms with Gasteiger partial charge in [-0.2, -0.15) is 13.2 Å². The van der Waals surface area contributed by atoms with Gasteiger partial charge in [-0.15, -0.1) is 0 Å². The first-order chi connectivity index (χ1) is 13.7. The molecule has 1 heterocycles. The van der Waals surface area contributed by atoms with E-state index in [4.69, 9.17) is 5.73 Å². The first-order valence-corrected chi connectivity index (χ1v) is 10.4. The summed E-state index contributed by atoms with van der Waals surface area (Å²) in [6.07, 6.45) is -1.68. The van der Waals surface area contributed by atoms with Gasteiger partial charge in [0.15, 0.2) is 0 Å². The number of carbonyl (C=O) groups is 1. The highest BCUT2D eigenvalue weighted by molar-refractivity contribution is 6.03. The third-order valence-electron chi connectivity index (χ3n) is 6.90. The molecule has 1 aromatic carbocycles. The van der Waals surface area contributed by atoms with Crippen LogP contribution in [0.15, 0.2) is 6.07 Å². The Hall–Kier alpha value is -2.12. The van der Waals surface area contributed by atoms with Crippen molar-refractivity contribution in [3.8, 4) is 0 Å². The molecular formula is C21H29F3N4O. The maximum atomic E-state index is 12.9. The van der Waals surface area contributed by atoms with Crippen LogP contribution >= 0.6 is 0 Å². The minimum atomic E-state index is -4.12. The number of anilines is 3. The van der Waals surface area contributed by atoms with Crippen molar-refractivity contribution >= 4 is 23.0 Å². The Morgan fingerprint density at radius 1 is 1.17 bits per heavy atom. The van der Waals surface area contributed by atoms with E-state index in [-0.39, 0.29) is 18.9 Å². The van der Waals surface area contributed by atoms with E-state index in [9.17, 15) is 18.0 Å². The molecule has 2 saturated carbocycles. The van der Waals surface area contributed by atoms with Crippen molar-refractivity contribution in [3.05, 3.63) is 17.2 Å². The Bertz CT molecular complexity index is 792. The molecule has 4 N–H and O–H groups in total. The molecular weight excluding hydrogens is 381 g/mol. The van der Waals surface area contributed by atoms with Gasteiger partial charge in [-0.3, -0.25) is 4.79 Å². The molecule has 1 saturated heterocycles. The molecule has 29 heavy (non-hydrogen) atoms. The van der Waals surface area contributed by atoms with Crippen LogP contribution in [0, 0.1) is 24.7 Å². The minimum Gasteiger partial charge on any atom is -0.386 e. The van der Waals surface area contributed by atoms with E-state index in [1.54, 1.807) is 6.07 Å². The van der Waals surface area contributed by atoms with Gasteiger partial charge in [0.2, 0.25) is 0 Å². The first kappa shape index (κ1) is 20.2. The first-order valence-electron chi connectivity index (χ1n) is 10.4. The molecule has 2 atom stereocenters. The molecule has 0 spiro atoms. The number of fused-ring (bicyclic) bond motifs is 1. The fourth-order valence-electron chi connectivity index (χ4n) is 5.20. The largest absolute Gasteiger partial charge is 0.391 e. The van der Waals surface area contributed by atoms with E-state index in [1.807, 2.05) is 14.0 Å². The van der Waals surface area contributed by atoms with Crippen molar-refractivity contribution in [2.24, 2.45) is 23.5 Å². The van der Waals surface area contributed by atoms with E-state index >= 15 is 0 Å². The molecule has 1 aromatic rings. The Balaban J connectivity index is 1.58. The van der Waals surface area contributed by atoms with Crippen molar-refractivity contribution in [2.75, 3.05) is 35.7 Å². The summed E-state index contributed by atoms with van der Waals surface area (Å²) in [5.41, 5.74) is 9.66. The highest BCUT2D eigenvalue weighted by atomic mass is 19.4. The van der Waals surface area contributed by atoms with Gasteiger partial charge in [0.05, 0.1) is 28.5 Å². The van der Waals surface area contributed by atoms with Crippen LogP contribution in [0.4, 0.5) is 30.2 Å². The summed E-state index contributed by atoms with van der Waals surface area (Å²) in [5, 5.41) is 6.61. The van der Waals surface area contributed by atoms with E-state index in [0.717, 1.165) is 47.6 Å². The molecule has 3 aliphatic rings. The third kappa shape index (κ3) is 3.85. The molecule has 0 bridgehead atoms. The number of nitrogens with two attached hydrogens (primary N) is 1. The summed E-state index contributed by atoms with van der Waals surface area (Å²) in [7, 11) is 1.82. The average Bonchev–Trinajstić information content (AvgIpc) is 3.26. The van der Waals surface area contributed by atoms with Gasteiger partial charge in [-0.1, -0.05) is 0 Å². The van der Waals surface area contributed by atoms with Crippen LogP contribution in [0.1, 0.15) is 48.0 Å². The van der Waals surface area contributed by atoms with E-state index in [0.29, 0.717) is 18.4 Å². The minimum absolute atomic E-state index is 0.0499. The predicted octanol–water partition coefficient (Wildman–Crippen LogP) is 4.12. The second-order valence-electron chi connectivity index (χ2n) is 8.83. The third-order valence-corrected chi connectivity index (χ3v) is 6.90. The number of benzene rings is 1. The lowest BCUT2D eigenvalue weighted by atomic mass is 9.85.